The van der Waals surface area contributed by atoms with Crippen molar-refractivity contribution in [2.75, 3.05) is 0 Å². The molecule has 1 aromatic heterocycles. The van der Waals surface area contributed by atoms with Crippen LogP contribution in [0.1, 0.15) is 37.5 Å². The van der Waals surface area contributed by atoms with Crippen molar-refractivity contribution in [1.82, 2.24) is 0 Å². The zero-order valence-corrected chi connectivity index (χ0v) is 12.8. The third-order valence-corrected chi connectivity index (χ3v) is 3.17. The SMILES string of the molecule is CCCCCCc1ccc(OB(O)O)s1.[Na]. The summed E-state index contributed by atoms with van der Waals surface area (Å²) in [7, 11) is -1.71. The quantitative estimate of drug-likeness (QED) is 0.574. The molecule has 0 aromatic carbocycles. The van der Waals surface area contributed by atoms with Gasteiger partial charge in [0.25, 0.3) is 0 Å². The van der Waals surface area contributed by atoms with Crippen LogP contribution in [0, 0.1) is 0 Å². The molecule has 0 saturated carbocycles. The average Bonchev–Trinajstić information content (AvgIpc) is 2.59. The maximum atomic E-state index is 8.60. The van der Waals surface area contributed by atoms with Gasteiger partial charge in [0, 0.05) is 34.4 Å². The monoisotopic (exact) mass is 251 g/mol. The van der Waals surface area contributed by atoms with Gasteiger partial charge in [-0.15, -0.1) is 11.3 Å². The van der Waals surface area contributed by atoms with E-state index in [-0.39, 0.29) is 29.6 Å². The van der Waals surface area contributed by atoms with Gasteiger partial charge in [-0.3, -0.25) is 0 Å². The van der Waals surface area contributed by atoms with Crippen LogP contribution in [0.2, 0.25) is 0 Å². The third kappa shape index (κ3) is 6.94. The van der Waals surface area contributed by atoms with Crippen LogP contribution in [0.5, 0.6) is 5.06 Å². The summed E-state index contributed by atoms with van der Waals surface area (Å²) in [6, 6.07) is 3.76. The number of rotatable bonds is 7. The molecule has 0 spiro atoms. The predicted molar refractivity (Wildman–Crippen MR) is 68.7 cm³/mol. The molecule has 0 aliphatic carbocycles. The van der Waals surface area contributed by atoms with Gasteiger partial charge < -0.3 is 14.7 Å². The van der Waals surface area contributed by atoms with Crippen molar-refractivity contribution in [2.24, 2.45) is 0 Å². The minimum atomic E-state index is -1.71. The van der Waals surface area contributed by atoms with E-state index in [1.165, 1.54) is 41.9 Å². The number of hydrogen-bond acceptors (Lipinski definition) is 4. The van der Waals surface area contributed by atoms with Crippen molar-refractivity contribution in [1.29, 1.82) is 0 Å². The molecular weight excluding hydrogens is 234 g/mol. The Morgan fingerprint density at radius 3 is 2.62 bits per heavy atom. The number of hydrogen-bond donors (Lipinski definition) is 2. The van der Waals surface area contributed by atoms with E-state index in [1.54, 1.807) is 6.07 Å². The Balaban J connectivity index is 0.00000225. The third-order valence-electron chi connectivity index (χ3n) is 2.14. The molecule has 0 saturated heterocycles. The fraction of sp³-hybridized carbons (Fsp3) is 0.600. The van der Waals surface area contributed by atoms with Crippen LogP contribution >= 0.6 is 11.3 Å². The summed E-state index contributed by atoms with van der Waals surface area (Å²) in [5.74, 6) is 0. The first-order valence-corrected chi connectivity index (χ1v) is 6.15. The average molecular weight is 251 g/mol. The van der Waals surface area contributed by atoms with Crippen molar-refractivity contribution < 1.29 is 14.7 Å². The van der Waals surface area contributed by atoms with Crippen LogP contribution in [-0.2, 0) is 6.42 Å². The van der Waals surface area contributed by atoms with Gasteiger partial charge in [-0.05, 0) is 25.0 Å². The second kappa shape index (κ2) is 9.51. The first kappa shape index (κ1) is 16.5. The Labute approximate surface area is 123 Å². The van der Waals surface area contributed by atoms with E-state index in [2.05, 4.69) is 6.92 Å². The molecule has 3 nitrogen and oxygen atoms in total. The van der Waals surface area contributed by atoms with Gasteiger partial charge >= 0.3 is 7.32 Å². The van der Waals surface area contributed by atoms with Crippen molar-refractivity contribution in [3.8, 4) is 5.06 Å². The van der Waals surface area contributed by atoms with E-state index < -0.39 is 7.32 Å². The second-order valence-corrected chi connectivity index (χ2v) is 4.61. The molecule has 1 rings (SSSR count). The summed E-state index contributed by atoms with van der Waals surface area (Å²) in [4.78, 5) is 1.24. The van der Waals surface area contributed by atoms with Gasteiger partial charge in [0.15, 0.2) is 5.06 Å². The zero-order valence-electron chi connectivity index (χ0n) is 9.98. The standard InChI is InChI=1S/C10H17BO3S.Na/c1-2-3-4-5-6-9-7-8-10(15-9)14-11(12)13;/h7-8,12-13H,2-6H2,1H3;. The molecule has 0 aliphatic rings. The maximum Gasteiger partial charge on any atom is 0.708 e. The van der Waals surface area contributed by atoms with E-state index in [4.69, 9.17) is 14.7 Å². The summed E-state index contributed by atoms with van der Waals surface area (Å²) in [5, 5.41) is 17.8. The molecule has 2 N–H and O–H groups in total. The molecule has 16 heavy (non-hydrogen) atoms. The van der Waals surface area contributed by atoms with E-state index in [0.29, 0.717) is 5.06 Å². The smallest absolute Gasteiger partial charge is 0.504 e. The van der Waals surface area contributed by atoms with Crippen LogP contribution < -0.4 is 4.65 Å². The minimum Gasteiger partial charge on any atom is -0.504 e. The van der Waals surface area contributed by atoms with E-state index in [0.717, 1.165) is 6.42 Å². The summed E-state index contributed by atoms with van der Waals surface area (Å²) in [6.07, 6.45) is 6.03. The fourth-order valence-corrected chi connectivity index (χ4v) is 2.30. The first-order chi connectivity index (χ1) is 7.22. The van der Waals surface area contributed by atoms with Crippen LogP contribution in [0.3, 0.4) is 0 Å². The number of aryl methyl sites for hydroxylation is 1. The molecule has 6 heteroatoms. The zero-order chi connectivity index (χ0) is 11.1. The summed E-state index contributed by atoms with van der Waals surface area (Å²) < 4.78 is 4.75. The largest absolute Gasteiger partial charge is 0.708 e. The van der Waals surface area contributed by atoms with Crippen LogP contribution in [0.4, 0.5) is 0 Å². The summed E-state index contributed by atoms with van der Waals surface area (Å²) in [6.45, 7) is 2.19. The Bertz CT molecular complexity index is 281. The van der Waals surface area contributed by atoms with Gasteiger partial charge in [-0.2, -0.15) is 0 Å². The van der Waals surface area contributed by atoms with Gasteiger partial charge in [0.1, 0.15) is 0 Å². The van der Waals surface area contributed by atoms with Crippen molar-refractivity contribution >= 4 is 48.2 Å². The fourth-order valence-electron chi connectivity index (χ4n) is 1.39. The van der Waals surface area contributed by atoms with E-state index in [1.807, 2.05) is 6.07 Å². The molecule has 0 bridgehead atoms. The van der Waals surface area contributed by atoms with Gasteiger partial charge in [0.05, 0.1) is 0 Å². The summed E-state index contributed by atoms with van der Waals surface area (Å²) in [5.41, 5.74) is 0. The minimum absolute atomic E-state index is 0. The van der Waals surface area contributed by atoms with Crippen LogP contribution in [0.25, 0.3) is 0 Å². The normalized spacial score (nSPS) is 9.69. The van der Waals surface area contributed by atoms with Gasteiger partial charge in [-0.25, -0.2) is 0 Å². The molecular formula is C10H17BNaO3S. The molecule has 1 radical (unpaired) electrons. The molecule has 85 valence electrons. The van der Waals surface area contributed by atoms with Crippen LogP contribution in [0.15, 0.2) is 12.1 Å². The van der Waals surface area contributed by atoms with E-state index in [9.17, 15) is 0 Å². The molecule has 0 fully saturated rings. The summed E-state index contributed by atoms with van der Waals surface area (Å²) >= 11 is 1.48. The Kier molecular flexibility index (Phi) is 9.80. The van der Waals surface area contributed by atoms with Crippen molar-refractivity contribution in [2.45, 2.75) is 39.0 Å². The molecule has 0 amide bonds. The number of unbranched alkanes of at least 4 members (excludes halogenated alkanes) is 3. The Morgan fingerprint density at radius 1 is 1.25 bits per heavy atom. The molecule has 1 heterocycles. The molecule has 1 aromatic rings. The topological polar surface area (TPSA) is 49.7 Å². The number of thiophene rings is 1. The molecule has 0 aliphatic heterocycles. The van der Waals surface area contributed by atoms with Crippen molar-refractivity contribution in [3.05, 3.63) is 17.0 Å². The predicted octanol–water partition coefficient (Wildman–Crippen LogP) is 1.84. The van der Waals surface area contributed by atoms with Crippen molar-refractivity contribution in [3.63, 3.8) is 0 Å². The molecule has 0 unspecified atom stereocenters. The Hall–Kier alpha value is 0.485. The van der Waals surface area contributed by atoms with Gasteiger partial charge in [-0.1, -0.05) is 26.2 Å². The maximum absolute atomic E-state index is 8.60. The van der Waals surface area contributed by atoms with E-state index >= 15 is 0 Å². The second-order valence-electron chi connectivity index (χ2n) is 3.48. The van der Waals surface area contributed by atoms with Crippen LogP contribution in [-0.4, -0.2) is 46.9 Å². The Morgan fingerprint density at radius 2 is 2.00 bits per heavy atom. The van der Waals surface area contributed by atoms with Gasteiger partial charge in [0.2, 0.25) is 0 Å². The molecule has 0 atom stereocenters. The first-order valence-electron chi connectivity index (χ1n) is 5.34.